The molecule has 84 valence electrons. The Kier molecular flexibility index (Phi) is 2.72. The Bertz CT molecular complexity index is 433. The first kappa shape index (κ1) is 10.4. The van der Waals surface area contributed by atoms with Gasteiger partial charge in [0.05, 0.1) is 18.7 Å². The molecule has 2 heterocycles. The first-order valence-corrected chi connectivity index (χ1v) is 4.76. The van der Waals surface area contributed by atoms with Crippen molar-refractivity contribution < 1.29 is 19.4 Å². The Morgan fingerprint density at radius 3 is 3.06 bits per heavy atom. The number of amides is 1. The smallest absolute Gasteiger partial charge is 0.410 e. The molecule has 1 aromatic heterocycles. The van der Waals surface area contributed by atoms with E-state index in [0.29, 0.717) is 18.7 Å². The lowest BCUT2D eigenvalue weighted by Crippen LogP contribution is -2.24. The van der Waals surface area contributed by atoms with Crippen LogP contribution in [0.2, 0.25) is 0 Å². The average molecular weight is 222 g/mol. The molecule has 0 aliphatic carbocycles. The van der Waals surface area contributed by atoms with Crippen LogP contribution in [0.1, 0.15) is 15.9 Å². The summed E-state index contributed by atoms with van der Waals surface area (Å²) in [6, 6.07) is 1.42. The van der Waals surface area contributed by atoms with Gasteiger partial charge in [0.2, 0.25) is 0 Å². The molecule has 1 amide bonds. The number of hydrogen-bond acceptors (Lipinski definition) is 4. The van der Waals surface area contributed by atoms with Crippen molar-refractivity contribution in [2.24, 2.45) is 0 Å². The van der Waals surface area contributed by atoms with Crippen molar-refractivity contribution in [1.29, 1.82) is 0 Å². The molecule has 2 rings (SSSR count). The summed E-state index contributed by atoms with van der Waals surface area (Å²) in [5, 5.41) is 8.94. The maximum absolute atomic E-state index is 11.2. The Morgan fingerprint density at radius 2 is 2.44 bits per heavy atom. The van der Waals surface area contributed by atoms with Gasteiger partial charge in [0.25, 0.3) is 0 Å². The van der Waals surface area contributed by atoms with Crippen molar-refractivity contribution in [3.63, 3.8) is 0 Å². The van der Waals surface area contributed by atoms with Gasteiger partial charge in [-0.1, -0.05) is 0 Å². The fourth-order valence-corrected chi connectivity index (χ4v) is 1.54. The summed E-state index contributed by atoms with van der Waals surface area (Å²) in [5.74, 6) is -1.02. The highest BCUT2D eigenvalue weighted by atomic mass is 16.6. The van der Waals surface area contributed by atoms with Crippen molar-refractivity contribution in [3.05, 3.63) is 29.6 Å². The molecule has 6 nitrogen and oxygen atoms in total. The molecule has 0 spiro atoms. The highest BCUT2D eigenvalue weighted by Gasteiger charge is 2.23. The molecule has 0 saturated carbocycles. The van der Waals surface area contributed by atoms with Crippen LogP contribution in [-0.4, -0.2) is 40.2 Å². The van der Waals surface area contributed by atoms with E-state index in [-0.39, 0.29) is 12.1 Å². The standard InChI is InChI=1S/C10H10N2O4/c13-9(14)8-1-2-11-5-7(8)6-12-3-4-16-10(12)15/h1-2,5H,3-4,6H2,(H,13,14). The van der Waals surface area contributed by atoms with Crippen molar-refractivity contribution in [2.45, 2.75) is 6.54 Å². The highest BCUT2D eigenvalue weighted by Crippen LogP contribution is 2.13. The summed E-state index contributed by atoms with van der Waals surface area (Å²) in [5.41, 5.74) is 0.670. The van der Waals surface area contributed by atoms with E-state index in [2.05, 4.69) is 4.98 Å². The van der Waals surface area contributed by atoms with Crippen LogP contribution in [0.25, 0.3) is 0 Å². The summed E-state index contributed by atoms with van der Waals surface area (Å²) >= 11 is 0. The first-order chi connectivity index (χ1) is 7.68. The minimum Gasteiger partial charge on any atom is -0.478 e. The van der Waals surface area contributed by atoms with E-state index in [1.54, 1.807) is 0 Å². The fraction of sp³-hybridized carbons (Fsp3) is 0.300. The van der Waals surface area contributed by atoms with Crippen molar-refractivity contribution >= 4 is 12.1 Å². The molecular weight excluding hydrogens is 212 g/mol. The van der Waals surface area contributed by atoms with E-state index in [0.717, 1.165) is 0 Å². The Labute approximate surface area is 91.5 Å². The van der Waals surface area contributed by atoms with Crippen LogP contribution in [0.3, 0.4) is 0 Å². The maximum atomic E-state index is 11.2. The van der Waals surface area contributed by atoms with Gasteiger partial charge < -0.3 is 14.7 Å². The second kappa shape index (κ2) is 4.18. The van der Waals surface area contributed by atoms with Crippen LogP contribution >= 0.6 is 0 Å². The molecule has 1 aromatic rings. The largest absolute Gasteiger partial charge is 0.478 e. The number of cyclic esters (lactones) is 1. The second-order valence-electron chi connectivity index (χ2n) is 3.37. The van der Waals surface area contributed by atoms with Gasteiger partial charge in [-0.2, -0.15) is 0 Å². The zero-order chi connectivity index (χ0) is 11.5. The molecule has 16 heavy (non-hydrogen) atoms. The summed E-state index contributed by atoms with van der Waals surface area (Å²) in [6.07, 6.45) is 2.45. The molecule has 1 N–H and O–H groups in total. The van der Waals surface area contributed by atoms with Crippen LogP contribution in [0.15, 0.2) is 18.5 Å². The van der Waals surface area contributed by atoms with Crippen LogP contribution in [0.4, 0.5) is 4.79 Å². The number of pyridine rings is 1. The number of hydrogen-bond donors (Lipinski definition) is 1. The third-order valence-electron chi connectivity index (χ3n) is 2.34. The van der Waals surface area contributed by atoms with Crippen molar-refractivity contribution in [1.82, 2.24) is 9.88 Å². The lowest BCUT2D eigenvalue weighted by atomic mass is 10.1. The molecular formula is C10H10N2O4. The Balaban J connectivity index is 2.20. The predicted molar refractivity (Wildman–Crippen MR) is 53.0 cm³/mol. The van der Waals surface area contributed by atoms with E-state index >= 15 is 0 Å². The molecule has 1 aliphatic rings. The molecule has 6 heteroatoms. The molecule has 0 radical (unpaired) electrons. The number of aromatic carboxylic acids is 1. The summed E-state index contributed by atoms with van der Waals surface area (Å²) in [4.78, 5) is 27.4. The van der Waals surface area contributed by atoms with Crippen molar-refractivity contribution in [2.75, 3.05) is 13.2 Å². The number of carboxylic acid groups (broad SMARTS) is 1. The summed E-state index contributed by atoms with van der Waals surface area (Å²) in [6.45, 7) is 1.04. The summed E-state index contributed by atoms with van der Waals surface area (Å²) in [7, 11) is 0. The lowest BCUT2D eigenvalue weighted by molar-refractivity contribution is 0.0694. The van der Waals surface area contributed by atoms with Gasteiger partial charge in [-0.15, -0.1) is 0 Å². The molecule has 1 fully saturated rings. The topological polar surface area (TPSA) is 79.7 Å². The minimum atomic E-state index is -1.02. The molecule has 0 unspecified atom stereocenters. The zero-order valence-electron chi connectivity index (χ0n) is 8.42. The van der Waals surface area contributed by atoms with Gasteiger partial charge in [-0.05, 0) is 6.07 Å². The number of carboxylic acids is 1. The molecule has 1 saturated heterocycles. The number of rotatable bonds is 3. The van der Waals surface area contributed by atoms with Gasteiger partial charge in [-0.25, -0.2) is 9.59 Å². The first-order valence-electron chi connectivity index (χ1n) is 4.76. The van der Waals surface area contributed by atoms with E-state index in [9.17, 15) is 9.59 Å². The molecule has 0 aromatic carbocycles. The molecule has 0 bridgehead atoms. The minimum absolute atomic E-state index is 0.162. The normalized spacial score (nSPS) is 15.0. The van der Waals surface area contributed by atoms with E-state index in [4.69, 9.17) is 9.84 Å². The van der Waals surface area contributed by atoms with Gasteiger partial charge in [0.1, 0.15) is 6.61 Å². The summed E-state index contributed by atoms with van der Waals surface area (Å²) < 4.78 is 4.76. The van der Waals surface area contributed by atoms with Crippen molar-refractivity contribution in [3.8, 4) is 0 Å². The molecule has 0 atom stereocenters. The zero-order valence-corrected chi connectivity index (χ0v) is 8.42. The number of nitrogens with zero attached hydrogens (tertiary/aromatic N) is 2. The van der Waals surface area contributed by atoms with Gasteiger partial charge >= 0.3 is 12.1 Å². The fourth-order valence-electron chi connectivity index (χ4n) is 1.54. The number of aromatic nitrogens is 1. The van der Waals surface area contributed by atoms with Gasteiger partial charge in [0.15, 0.2) is 0 Å². The van der Waals surface area contributed by atoms with Crippen LogP contribution < -0.4 is 0 Å². The maximum Gasteiger partial charge on any atom is 0.410 e. The third kappa shape index (κ3) is 1.95. The second-order valence-corrected chi connectivity index (χ2v) is 3.37. The highest BCUT2D eigenvalue weighted by molar-refractivity contribution is 5.89. The Morgan fingerprint density at radius 1 is 1.62 bits per heavy atom. The predicted octanol–water partition coefficient (Wildman–Crippen LogP) is 0.732. The van der Waals surface area contributed by atoms with E-state index in [1.807, 2.05) is 0 Å². The van der Waals surface area contributed by atoms with Gasteiger partial charge in [-0.3, -0.25) is 4.98 Å². The number of ether oxygens (including phenoxy) is 1. The SMILES string of the molecule is O=C(O)c1ccncc1CN1CCOC1=O. The lowest BCUT2D eigenvalue weighted by Gasteiger charge is -2.13. The number of carbonyl (C=O) groups is 2. The van der Waals surface area contributed by atoms with Crippen LogP contribution in [-0.2, 0) is 11.3 Å². The average Bonchev–Trinajstić information content (AvgIpc) is 2.65. The van der Waals surface area contributed by atoms with Crippen LogP contribution in [0, 0.1) is 0 Å². The van der Waals surface area contributed by atoms with E-state index < -0.39 is 12.1 Å². The quantitative estimate of drug-likeness (QED) is 0.815. The van der Waals surface area contributed by atoms with Gasteiger partial charge in [0, 0.05) is 18.0 Å². The number of carbonyl (C=O) groups excluding carboxylic acids is 1. The monoisotopic (exact) mass is 222 g/mol. The van der Waals surface area contributed by atoms with Crippen LogP contribution in [0.5, 0.6) is 0 Å². The van der Waals surface area contributed by atoms with E-state index in [1.165, 1.54) is 23.4 Å². The molecule has 1 aliphatic heterocycles. The Hall–Kier alpha value is -2.11. The third-order valence-corrected chi connectivity index (χ3v) is 2.34.